The number of amides is 1. The molecular formula is C28H32N4O4S. The van der Waals surface area contributed by atoms with Crippen LogP contribution in [0.3, 0.4) is 0 Å². The van der Waals surface area contributed by atoms with Gasteiger partial charge in [0.15, 0.2) is 0 Å². The van der Waals surface area contributed by atoms with Gasteiger partial charge in [0.2, 0.25) is 11.8 Å². The summed E-state index contributed by atoms with van der Waals surface area (Å²) < 4.78 is 35.3. The van der Waals surface area contributed by atoms with Gasteiger partial charge in [0, 0.05) is 11.1 Å². The highest BCUT2D eigenvalue weighted by molar-refractivity contribution is 7.92. The number of aromatic nitrogens is 2. The number of hydrogen-bond donors (Lipinski definition) is 2. The molecule has 0 unspecified atom stereocenters. The Labute approximate surface area is 218 Å². The van der Waals surface area contributed by atoms with E-state index < -0.39 is 22.0 Å². The Hall–Kier alpha value is -3.72. The number of carbonyl (C=O) groups is 1. The van der Waals surface area contributed by atoms with Crippen LogP contribution in [0.1, 0.15) is 54.7 Å². The number of anilines is 1. The van der Waals surface area contributed by atoms with E-state index in [4.69, 9.17) is 9.72 Å². The first-order valence-corrected chi connectivity index (χ1v) is 13.6. The largest absolute Gasteiger partial charge is 0.472 e. The van der Waals surface area contributed by atoms with Gasteiger partial charge in [-0.2, -0.15) is 4.98 Å². The van der Waals surface area contributed by atoms with Crippen LogP contribution in [0.2, 0.25) is 0 Å². The molecule has 1 aliphatic rings. The van der Waals surface area contributed by atoms with Gasteiger partial charge < -0.3 is 10.1 Å². The molecule has 1 atom stereocenters. The molecule has 194 valence electrons. The molecule has 2 aromatic carbocycles. The fourth-order valence-corrected chi connectivity index (χ4v) is 4.99. The number of carbonyl (C=O) groups excluding carboxylic acids is 1. The second kappa shape index (κ2) is 9.97. The number of allylic oxidation sites excluding steroid dienone is 1. The van der Waals surface area contributed by atoms with Crippen LogP contribution >= 0.6 is 0 Å². The van der Waals surface area contributed by atoms with Crippen molar-refractivity contribution in [1.82, 2.24) is 15.3 Å². The molecule has 0 spiro atoms. The lowest BCUT2D eigenvalue weighted by Gasteiger charge is -2.20. The predicted molar refractivity (Wildman–Crippen MR) is 145 cm³/mol. The molecule has 1 amide bonds. The minimum atomic E-state index is -4.09. The summed E-state index contributed by atoms with van der Waals surface area (Å²) in [4.78, 5) is 21.8. The van der Waals surface area contributed by atoms with Gasteiger partial charge in [0.25, 0.3) is 15.9 Å². The van der Waals surface area contributed by atoms with Crippen LogP contribution in [0, 0.1) is 19.3 Å². The molecule has 0 radical (unpaired) electrons. The number of sulfonamides is 1. The van der Waals surface area contributed by atoms with Crippen LogP contribution in [0.5, 0.6) is 5.88 Å². The van der Waals surface area contributed by atoms with Crippen molar-refractivity contribution in [2.45, 2.75) is 52.5 Å². The van der Waals surface area contributed by atoms with Gasteiger partial charge in [-0.1, -0.05) is 57.2 Å². The molecule has 37 heavy (non-hydrogen) atoms. The molecule has 0 saturated carbocycles. The maximum Gasteiger partial charge on any atom is 0.264 e. The molecule has 9 heteroatoms. The molecule has 0 aliphatic carbocycles. The van der Waals surface area contributed by atoms with Crippen LogP contribution in [0.4, 0.5) is 5.95 Å². The third kappa shape index (κ3) is 5.99. The van der Waals surface area contributed by atoms with Gasteiger partial charge in [-0.15, -0.1) is 0 Å². The fraction of sp³-hybridized carbons (Fsp3) is 0.321. The molecule has 3 aromatic rings. The first kappa shape index (κ1) is 26.3. The topological polar surface area (TPSA) is 110 Å². The zero-order valence-corrected chi connectivity index (χ0v) is 22.7. The second-order valence-electron chi connectivity index (χ2n) is 10.4. The molecule has 1 aliphatic heterocycles. The van der Waals surface area contributed by atoms with Crippen molar-refractivity contribution in [3.05, 3.63) is 70.8 Å². The Morgan fingerprint density at radius 1 is 1.05 bits per heavy atom. The number of nitrogens with one attached hydrogen (secondary N) is 2. The van der Waals surface area contributed by atoms with E-state index in [2.05, 4.69) is 35.8 Å². The minimum absolute atomic E-state index is 0.0659. The predicted octanol–water partition coefficient (Wildman–Crippen LogP) is 5.13. The smallest absolute Gasteiger partial charge is 0.264 e. The van der Waals surface area contributed by atoms with Crippen LogP contribution < -0.4 is 14.8 Å². The summed E-state index contributed by atoms with van der Waals surface area (Å²) in [6, 6.07) is 11.8. The van der Waals surface area contributed by atoms with Crippen molar-refractivity contribution in [3.8, 4) is 17.1 Å². The number of benzene rings is 2. The lowest BCUT2D eigenvalue weighted by Crippen LogP contribution is -2.33. The summed E-state index contributed by atoms with van der Waals surface area (Å²) in [6.07, 6.45) is 3.49. The van der Waals surface area contributed by atoms with E-state index in [-0.39, 0.29) is 34.2 Å². The molecule has 4 bridgehead atoms. The SMILES string of the molecule is Cc1cccc(C)c1-c1nc2nc(c1/C=C/C(C)(C)C)O[C@H](C)CNC(=O)c1cccc(c1)S(=O)(=O)N2. The average molecular weight is 521 g/mol. The Bertz CT molecular complexity index is 1470. The monoisotopic (exact) mass is 520 g/mol. The zero-order chi connectivity index (χ0) is 27.0. The molecule has 1 aromatic heterocycles. The average Bonchev–Trinajstić information content (AvgIpc) is 2.81. The third-order valence-corrected chi connectivity index (χ3v) is 7.20. The van der Waals surface area contributed by atoms with E-state index in [1.807, 2.05) is 51.1 Å². The molecule has 0 fully saturated rings. The highest BCUT2D eigenvalue weighted by atomic mass is 32.2. The second-order valence-corrected chi connectivity index (χ2v) is 12.0. The summed E-state index contributed by atoms with van der Waals surface area (Å²) in [5.41, 5.74) is 4.10. The summed E-state index contributed by atoms with van der Waals surface area (Å²) >= 11 is 0. The Balaban J connectivity index is 2.00. The van der Waals surface area contributed by atoms with Crippen molar-refractivity contribution in [1.29, 1.82) is 0 Å². The summed E-state index contributed by atoms with van der Waals surface area (Å²) in [6.45, 7) is 12.2. The first-order valence-electron chi connectivity index (χ1n) is 12.1. The lowest BCUT2D eigenvalue weighted by molar-refractivity contribution is 0.0930. The van der Waals surface area contributed by atoms with E-state index in [1.165, 1.54) is 18.2 Å². The van der Waals surface area contributed by atoms with E-state index in [0.29, 0.717) is 11.3 Å². The molecule has 0 saturated heterocycles. The van der Waals surface area contributed by atoms with Gasteiger partial charge in [-0.25, -0.2) is 18.1 Å². The molecule has 8 nitrogen and oxygen atoms in total. The molecule has 4 rings (SSSR count). The Morgan fingerprint density at radius 2 is 1.73 bits per heavy atom. The number of ether oxygens (including phenoxy) is 1. The highest BCUT2D eigenvalue weighted by Crippen LogP contribution is 2.36. The highest BCUT2D eigenvalue weighted by Gasteiger charge is 2.25. The first-order chi connectivity index (χ1) is 17.3. The summed E-state index contributed by atoms with van der Waals surface area (Å²) in [7, 11) is -4.09. The van der Waals surface area contributed by atoms with E-state index in [9.17, 15) is 13.2 Å². The van der Waals surface area contributed by atoms with Crippen LogP contribution in [0.25, 0.3) is 17.3 Å². The van der Waals surface area contributed by atoms with Crippen LogP contribution in [0.15, 0.2) is 53.4 Å². The summed E-state index contributed by atoms with van der Waals surface area (Å²) in [5, 5.41) is 2.81. The van der Waals surface area contributed by atoms with E-state index >= 15 is 0 Å². The molecule has 2 heterocycles. The van der Waals surface area contributed by atoms with Crippen LogP contribution in [-0.2, 0) is 10.0 Å². The Kier molecular flexibility index (Phi) is 7.10. The van der Waals surface area contributed by atoms with E-state index in [1.54, 1.807) is 6.07 Å². The number of fused-ring (bicyclic) bond motifs is 4. The number of aryl methyl sites for hydroxylation is 2. The van der Waals surface area contributed by atoms with Gasteiger partial charge >= 0.3 is 0 Å². The maximum absolute atomic E-state index is 13.3. The van der Waals surface area contributed by atoms with Crippen molar-refractivity contribution in [3.63, 3.8) is 0 Å². The Morgan fingerprint density at radius 3 is 2.41 bits per heavy atom. The maximum atomic E-state index is 13.3. The van der Waals surface area contributed by atoms with Crippen molar-refractivity contribution in [2.24, 2.45) is 5.41 Å². The van der Waals surface area contributed by atoms with Gasteiger partial charge in [0.05, 0.1) is 22.7 Å². The van der Waals surface area contributed by atoms with Crippen molar-refractivity contribution >= 4 is 28.0 Å². The summed E-state index contributed by atoms with van der Waals surface area (Å²) in [5.74, 6) is -0.288. The quantitative estimate of drug-likeness (QED) is 0.485. The minimum Gasteiger partial charge on any atom is -0.472 e. The lowest BCUT2D eigenvalue weighted by atomic mass is 9.93. The van der Waals surface area contributed by atoms with Gasteiger partial charge in [-0.05, 0) is 55.5 Å². The number of nitrogens with zero attached hydrogens (tertiary/aromatic N) is 2. The van der Waals surface area contributed by atoms with Gasteiger partial charge in [0.1, 0.15) is 6.10 Å². The van der Waals surface area contributed by atoms with Crippen molar-refractivity contribution in [2.75, 3.05) is 11.3 Å². The van der Waals surface area contributed by atoms with Crippen LogP contribution in [-0.4, -0.2) is 36.9 Å². The zero-order valence-electron chi connectivity index (χ0n) is 21.9. The third-order valence-electron chi connectivity index (χ3n) is 5.87. The number of hydrogen-bond acceptors (Lipinski definition) is 6. The number of rotatable bonds is 2. The van der Waals surface area contributed by atoms with E-state index in [0.717, 1.165) is 16.7 Å². The fourth-order valence-electron chi connectivity index (χ4n) is 4.00. The standard InChI is InChI=1S/C28H32N4O4S/c1-17-9-7-10-18(2)23(17)24-22(13-14-28(4,5)6)26-31-27(30-24)32-37(34,35)21-12-8-11-20(15-21)25(33)29-16-19(3)36-26/h7-15,19H,16H2,1-6H3,(H,29,33)(H,30,31,32)/b14-13+/t19-/m1/s1. The normalized spacial score (nSPS) is 17.6. The molecular weight excluding hydrogens is 488 g/mol. The molecule has 2 N–H and O–H groups in total. The van der Waals surface area contributed by atoms with Crippen molar-refractivity contribution < 1.29 is 17.9 Å². The van der Waals surface area contributed by atoms with Gasteiger partial charge in [-0.3, -0.25) is 4.79 Å².